The average Bonchev–Trinajstić information content (AvgIpc) is 2.58. The lowest BCUT2D eigenvalue weighted by Crippen LogP contribution is -2.51. The molecule has 2 rings (SSSR count). The normalized spacial score (nSPS) is 40.1. The van der Waals surface area contributed by atoms with Gasteiger partial charge in [-0.25, -0.2) is 0 Å². The summed E-state index contributed by atoms with van der Waals surface area (Å²) in [7, 11) is 0. The van der Waals surface area contributed by atoms with Gasteiger partial charge in [-0.3, -0.25) is 4.79 Å². The van der Waals surface area contributed by atoms with Crippen molar-refractivity contribution in [2.24, 2.45) is 11.8 Å². The molecular weight excluding hydrogens is 200 g/mol. The van der Waals surface area contributed by atoms with E-state index in [0.717, 1.165) is 19.5 Å². The summed E-state index contributed by atoms with van der Waals surface area (Å²) >= 11 is 0. The fourth-order valence-corrected chi connectivity index (χ4v) is 2.86. The lowest BCUT2D eigenvalue weighted by Gasteiger charge is -2.31. The molecule has 0 saturated carbocycles. The molecule has 1 N–H and O–H groups in total. The van der Waals surface area contributed by atoms with Crippen LogP contribution in [-0.4, -0.2) is 36.0 Å². The van der Waals surface area contributed by atoms with Gasteiger partial charge in [0.25, 0.3) is 0 Å². The summed E-state index contributed by atoms with van der Waals surface area (Å²) in [5.74, 6) is 1.65. The molecule has 0 bridgehead atoms. The Labute approximate surface area is 98.6 Å². The Morgan fingerprint density at radius 3 is 2.31 bits per heavy atom. The third-order valence-corrected chi connectivity index (χ3v) is 4.21. The highest BCUT2D eigenvalue weighted by Crippen LogP contribution is 2.24. The second-order valence-corrected chi connectivity index (χ2v) is 5.75. The molecule has 3 heteroatoms. The Hall–Kier alpha value is -0.570. The number of piperidine rings is 1. The number of nitrogens with zero attached hydrogens (tertiary/aromatic N) is 1. The lowest BCUT2D eigenvalue weighted by atomic mass is 9.99. The zero-order valence-corrected chi connectivity index (χ0v) is 10.7. The summed E-state index contributed by atoms with van der Waals surface area (Å²) < 4.78 is 0. The van der Waals surface area contributed by atoms with E-state index in [-0.39, 0.29) is 6.04 Å². The number of amides is 1. The van der Waals surface area contributed by atoms with Gasteiger partial charge in [0.1, 0.15) is 0 Å². The van der Waals surface area contributed by atoms with Crippen molar-refractivity contribution in [3.05, 3.63) is 0 Å². The molecule has 16 heavy (non-hydrogen) atoms. The van der Waals surface area contributed by atoms with Gasteiger partial charge in [-0.15, -0.1) is 0 Å². The minimum atomic E-state index is 0.0845. The van der Waals surface area contributed by atoms with Crippen molar-refractivity contribution < 1.29 is 4.79 Å². The minimum Gasteiger partial charge on any atom is -0.341 e. The van der Waals surface area contributed by atoms with Crippen LogP contribution in [0.25, 0.3) is 0 Å². The number of rotatable bonds is 1. The third kappa shape index (κ3) is 2.40. The molecule has 0 aromatic rings. The van der Waals surface area contributed by atoms with Crippen molar-refractivity contribution in [1.82, 2.24) is 10.2 Å². The molecule has 2 aliphatic rings. The van der Waals surface area contributed by atoms with Crippen molar-refractivity contribution in [3.8, 4) is 0 Å². The van der Waals surface area contributed by atoms with Gasteiger partial charge in [0.2, 0.25) is 5.91 Å². The van der Waals surface area contributed by atoms with Crippen molar-refractivity contribution in [2.75, 3.05) is 13.1 Å². The van der Waals surface area contributed by atoms with Gasteiger partial charge in [-0.2, -0.15) is 0 Å². The van der Waals surface area contributed by atoms with Gasteiger partial charge in [-0.05, 0) is 38.0 Å². The van der Waals surface area contributed by atoms with E-state index in [1.54, 1.807) is 0 Å². The Morgan fingerprint density at radius 1 is 1.12 bits per heavy atom. The third-order valence-electron chi connectivity index (χ3n) is 4.21. The average molecular weight is 224 g/mol. The first-order chi connectivity index (χ1) is 7.58. The predicted octanol–water partition coefficient (Wildman–Crippen LogP) is 1.63. The van der Waals surface area contributed by atoms with Crippen LogP contribution in [-0.2, 0) is 4.79 Å². The first-order valence-corrected chi connectivity index (χ1v) is 6.62. The van der Waals surface area contributed by atoms with Crippen LogP contribution in [0.5, 0.6) is 0 Å². The fourth-order valence-electron chi connectivity index (χ4n) is 2.86. The van der Waals surface area contributed by atoms with E-state index in [1.807, 2.05) is 0 Å². The largest absolute Gasteiger partial charge is 0.341 e. The van der Waals surface area contributed by atoms with Crippen molar-refractivity contribution in [1.29, 1.82) is 0 Å². The highest BCUT2D eigenvalue weighted by Gasteiger charge is 2.34. The Bertz CT molecular complexity index is 250. The molecule has 0 spiro atoms. The molecule has 2 heterocycles. The number of likely N-dealkylation sites (tertiary alicyclic amines) is 1. The highest BCUT2D eigenvalue weighted by atomic mass is 16.2. The smallest absolute Gasteiger partial charge is 0.239 e. The number of nitrogens with one attached hydrogen (secondary N) is 1. The Kier molecular flexibility index (Phi) is 3.53. The van der Waals surface area contributed by atoms with Crippen LogP contribution in [0.4, 0.5) is 0 Å². The summed E-state index contributed by atoms with van der Waals surface area (Å²) in [6.07, 6.45) is 3.41. The van der Waals surface area contributed by atoms with Crippen LogP contribution in [0.2, 0.25) is 0 Å². The van der Waals surface area contributed by atoms with Crippen LogP contribution in [0.1, 0.15) is 40.0 Å². The summed E-state index contributed by atoms with van der Waals surface area (Å²) in [4.78, 5) is 14.4. The van der Waals surface area contributed by atoms with Crippen LogP contribution in [0, 0.1) is 11.8 Å². The molecule has 0 aliphatic carbocycles. The Morgan fingerprint density at radius 2 is 1.75 bits per heavy atom. The maximum absolute atomic E-state index is 12.3. The van der Waals surface area contributed by atoms with Crippen LogP contribution in [0.3, 0.4) is 0 Å². The lowest BCUT2D eigenvalue weighted by molar-refractivity contribution is -0.133. The van der Waals surface area contributed by atoms with E-state index in [9.17, 15) is 4.79 Å². The highest BCUT2D eigenvalue weighted by molar-refractivity contribution is 5.82. The van der Waals surface area contributed by atoms with Crippen molar-refractivity contribution >= 4 is 5.91 Å². The van der Waals surface area contributed by atoms with E-state index in [0.29, 0.717) is 23.8 Å². The number of carbonyl (C=O) groups is 1. The molecular formula is C13H24N2O. The summed E-state index contributed by atoms with van der Waals surface area (Å²) in [5.41, 5.74) is 0. The molecule has 92 valence electrons. The molecule has 2 aliphatic heterocycles. The molecule has 1 amide bonds. The zero-order chi connectivity index (χ0) is 11.7. The van der Waals surface area contributed by atoms with Gasteiger partial charge in [0.15, 0.2) is 0 Å². The number of carbonyl (C=O) groups excluding carboxylic acids is 1. The van der Waals surface area contributed by atoms with Gasteiger partial charge in [0.05, 0.1) is 6.04 Å². The SMILES string of the molecule is CC1CCCC(C(=O)N2CC(C)C(C)C2)N1. The van der Waals surface area contributed by atoms with E-state index in [1.165, 1.54) is 12.8 Å². The predicted molar refractivity (Wildman–Crippen MR) is 65.1 cm³/mol. The molecule has 2 saturated heterocycles. The quantitative estimate of drug-likeness (QED) is 0.734. The monoisotopic (exact) mass is 224 g/mol. The molecule has 4 atom stereocenters. The summed E-state index contributed by atoms with van der Waals surface area (Å²) in [5, 5.41) is 3.43. The van der Waals surface area contributed by atoms with Crippen molar-refractivity contribution in [3.63, 3.8) is 0 Å². The van der Waals surface area contributed by atoms with Crippen molar-refractivity contribution in [2.45, 2.75) is 52.1 Å². The second-order valence-electron chi connectivity index (χ2n) is 5.75. The standard InChI is InChI=1S/C13H24N2O/c1-9-7-15(8-10(9)2)13(16)12-6-4-5-11(3)14-12/h9-12,14H,4-8H2,1-3H3. The number of hydrogen-bond acceptors (Lipinski definition) is 2. The van der Waals surface area contributed by atoms with E-state index in [2.05, 4.69) is 31.0 Å². The minimum absolute atomic E-state index is 0.0845. The molecule has 0 aromatic carbocycles. The first kappa shape index (κ1) is 11.9. The molecule has 3 nitrogen and oxygen atoms in total. The Balaban J connectivity index is 1.92. The van der Waals surface area contributed by atoms with Crippen LogP contribution >= 0.6 is 0 Å². The van der Waals surface area contributed by atoms with Gasteiger partial charge in [0, 0.05) is 19.1 Å². The first-order valence-electron chi connectivity index (χ1n) is 6.62. The summed E-state index contributed by atoms with van der Waals surface area (Å²) in [6, 6.07) is 0.585. The van der Waals surface area contributed by atoms with E-state index < -0.39 is 0 Å². The van der Waals surface area contributed by atoms with Crippen LogP contribution < -0.4 is 5.32 Å². The summed E-state index contributed by atoms with van der Waals surface area (Å²) in [6.45, 7) is 8.57. The molecule has 0 radical (unpaired) electrons. The van der Waals surface area contributed by atoms with Gasteiger partial charge in [-0.1, -0.05) is 13.8 Å². The van der Waals surface area contributed by atoms with Gasteiger partial charge < -0.3 is 10.2 Å². The fraction of sp³-hybridized carbons (Fsp3) is 0.923. The topological polar surface area (TPSA) is 32.3 Å². The zero-order valence-electron chi connectivity index (χ0n) is 10.7. The molecule has 0 aromatic heterocycles. The number of hydrogen-bond donors (Lipinski definition) is 1. The maximum atomic E-state index is 12.3. The van der Waals surface area contributed by atoms with E-state index >= 15 is 0 Å². The molecule has 4 unspecified atom stereocenters. The maximum Gasteiger partial charge on any atom is 0.239 e. The second kappa shape index (κ2) is 4.74. The van der Waals surface area contributed by atoms with E-state index in [4.69, 9.17) is 0 Å². The molecule has 2 fully saturated rings. The van der Waals surface area contributed by atoms with Gasteiger partial charge >= 0.3 is 0 Å². The van der Waals surface area contributed by atoms with Crippen LogP contribution in [0.15, 0.2) is 0 Å².